The van der Waals surface area contributed by atoms with Crippen molar-refractivity contribution in [2.24, 2.45) is 10.4 Å². The minimum atomic E-state index is -0.273. The largest absolute Gasteiger partial charge is 0.392 e. The zero-order valence-electron chi connectivity index (χ0n) is 16.8. The zero-order chi connectivity index (χ0) is 19.7. The number of carbonyl (C=O) groups excluding carboxylic acids is 1. The van der Waals surface area contributed by atoms with Crippen LogP contribution in [0.15, 0.2) is 29.3 Å². The molecular weight excluding hydrogens is 340 g/mol. The van der Waals surface area contributed by atoms with Gasteiger partial charge in [-0.1, -0.05) is 31.9 Å². The average Bonchev–Trinajstić information content (AvgIpc) is 2.68. The van der Waals surface area contributed by atoms with Gasteiger partial charge in [-0.05, 0) is 43.9 Å². The lowest BCUT2D eigenvalue weighted by atomic mass is 9.73. The van der Waals surface area contributed by atoms with E-state index < -0.39 is 0 Å². The van der Waals surface area contributed by atoms with Gasteiger partial charge in [0.15, 0.2) is 5.96 Å². The van der Waals surface area contributed by atoms with Gasteiger partial charge in [0.1, 0.15) is 0 Å². The maximum Gasteiger partial charge on any atom is 0.251 e. The minimum absolute atomic E-state index is 0.0704. The number of hydrogen-bond acceptors (Lipinski definition) is 3. The Morgan fingerprint density at radius 3 is 2.85 bits per heavy atom. The van der Waals surface area contributed by atoms with E-state index >= 15 is 0 Å². The maximum absolute atomic E-state index is 11.7. The van der Waals surface area contributed by atoms with E-state index in [4.69, 9.17) is 4.99 Å². The maximum atomic E-state index is 11.7. The molecule has 1 fully saturated rings. The van der Waals surface area contributed by atoms with Gasteiger partial charge in [-0.25, -0.2) is 0 Å². The summed E-state index contributed by atoms with van der Waals surface area (Å²) in [5.41, 5.74) is 1.64. The van der Waals surface area contributed by atoms with Crippen LogP contribution in [-0.4, -0.2) is 49.8 Å². The number of benzene rings is 1. The first-order valence-electron chi connectivity index (χ1n) is 10.00. The molecule has 1 amide bonds. The summed E-state index contributed by atoms with van der Waals surface area (Å²) in [4.78, 5) is 16.5. The van der Waals surface area contributed by atoms with E-state index in [0.29, 0.717) is 12.1 Å². The van der Waals surface area contributed by atoms with Gasteiger partial charge in [-0.15, -0.1) is 0 Å². The predicted molar refractivity (Wildman–Crippen MR) is 110 cm³/mol. The van der Waals surface area contributed by atoms with E-state index in [9.17, 15) is 9.90 Å². The summed E-state index contributed by atoms with van der Waals surface area (Å²) in [6, 6.07) is 7.67. The SMILES string of the molecule is CCNC(=NCC1(C)CCCCC1O)NCCc1cccc(C(=O)NC)c1. The van der Waals surface area contributed by atoms with Crippen LogP contribution in [0.2, 0.25) is 0 Å². The van der Waals surface area contributed by atoms with Crippen molar-refractivity contribution < 1.29 is 9.90 Å². The first-order valence-corrected chi connectivity index (χ1v) is 10.00. The summed E-state index contributed by atoms with van der Waals surface area (Å²) in [6.07, 6.45) is 4.68. The van der Waals surface area contributed by atoms with E-state index in [2.05, 4.69) is 22.9 Å². The van der Waals surface area contributed by atoms with Crippen LogP contribution in [0.3, 0.4) is 0 Å². The third kappa shape index (κ3) is 6.24. The topological polar surface area (TPSA) is 85.8 Å². The number of aliphatic hydroxyl groups excluding tert-OH is 1. The highest BCUT2D eigenvalue weighted by Gasteiger charge is 2.35. The fraction of sp³-hybridized carbons (Fsp3) is 0.619. The van der Waals surface area contributed by atoms with Crippen LogP contribution in [0.5, 0.6) is 0 Å². The normalized spacial score (nSPS) is 23.0. The third-order valence-corrected chi connectivity index (χ3v) is 5.34. The zero-order valence-corrected chi connectivity index (χ0v) is 16.8. The molecule has 0 aromatic heterocycles. The van der Waals surface area contributed by atoms with Crippen LogP contribution in [0, 0.1) is 5.41 Å². The standard InChI is InChI=1S/C21H34N4O2/c1-4-23-20(25-15-21(2)12-6-5-10-18(21)26)24-13-11-16-8-7-9-17(14-16)19(27)22-3/h7-9,14,18,26H,4-6,10-13,15H2,1-3H3,(H,22,27)(H2,23,24,25). The van der Waals surface area contributed by atoms with E-state index in [-0.39, 0.29) is 17.4 Å². The number of nitrogens with zero attached hydrogens (tertiary/aromatic N) is 1. The van der Waals surface area contributed by atoms with Gasteiger partial charge in [-0.3, -0.25) is 9.79 Å². The van der Waals surface area contributed by atoms with Gasteiger partial charge in [0.05, 0.1) is 12.6 Å². The van der Waals surface area contributed by atoms with Gasteiger partial charge >= 0.3 is 0 Å². The molecule has 0 saturated heterocycles. The van der Waals surface area contributed by atoms with Crippen LogP contribution in [-0.2, 0) is 6.42 Å². The first-order chi connectivity index (χ1) is 13.0. The summed E-state index contributed by atoms with van der Waals surface area (Å²) in [6.45, 7) is 6.31. The molecule has 0 spiro atoms. The van der Waals surface area contributed by atoms with Crippen molar-refractivity contribution in [3.63, 3.8) is 0 Å². The molecule has 0 radical (unpaired) electrons. The number of nitrogens with one attached hydrogen (secondary N) is 3. The molecule has 150 valence electrons. The van der Waals surface area contributed by atoms with Gasteiger partial charge in [0, 0.05) is 31.1 Å². The number of hydrogen-bond donors (Lipinski definition) is 4. The van der Waals surface area contributed by atoms with Gasteiger partial charge in [0.2, 0.25) is 0 Å². The Balaban J connectivity index is 1.91. The second-order valence-electron chi connectivity index (χ2n) is 7.57. The van der Waals surface area contributed by atoms with E-state index in [1.165, 1.54) is 0 Å². The van der Waals surface area contributed by atoms with Crippen LogP contribution in [0.25, 0.3) is 0 Å². The van der Waals surface area contributed by atoms with E-state index in [1.54, 1.807) is 7.05 Å². The fourth-order valence-electron chi connectivity index (χ4n) is 3.51. The van der Waals surface area contributed by atoms with Crippen molar-refractivity contribution in [3.8, 4) is 0 Å². The Morgan fingerprint density at radius 1 is 1.33 bits per heavy atom. The molecule has 2 atom stereocenters. The lowest BCUT2D eigenvalue weighted by Crippen LogP contribution is -2.42. The number of amides is 1. The highest BCUT2D eigenvalue weighted by molar-refractivity contribution is 5.94. The van der Waals surface area contributed by atoms with Gasteiger partial charge < -0.3 is 21.1 Å². The molecule has 1 aromatic rings. The van der Waals surface area contributed by atoms with Crippen molar-refractivity contribution in [2.45, 2.75) is 52.1 Å². The second-order valence-corrected chi connectivity index (χ2v) is 7.57. The fourth-order valence-corrected chi connectivity index (χ4v) is 3.51. The molecule has 0 heterocycles. The lowest BCUT2D eigenvalue weighted by molar-refractivity contribution is 0.00716. The molecular formula is C21H34N4O2. The van der Waals surface area contributed by atoms with E-state index in [0.717, 1.165) is 56.7 Å². The highest BCUT2D eigenvalue weighted by Crippen LogP contribution is 2.36. The predicted octanol–water partition coefficient (Wildman–Crippen LogP) is 2.08. The smallest absolute Gasteiger partial charge is 0.251 e. The van der Waals surface area contributed by atoms with Crippen molar-refractivity contribution in [1.29, 1.82) is 0 Å². The lowest BCUT2D eigenvalue weighted by Gasteiger charge is -2.37. The van der Waals surface area contributed by atoms with Gasteiger partial charge in [-0.2, -0.15) is 0 Å². The van der Waals surface area contributed by atoms with Crippen molar-refractivity contribution in [3.05, 3.63) is 35.4 Å². The van der Waals surface area contributed by atoms with Crippen molar-refractivity contribution >= 4 is 11.9 Å². The highest BCUT2D eigenvalue weighted by atomic mass is 16.3. The second kappa shape index (κ2) is 10.3. The van der Waals surface area contributed by atoms with Crippen molar-refractivity contribution in [2.75, 3.05) is 26.7 Å². The Labute approximate surface area is 162 Å². The molecule has 0 aliphatic heterocycles. The quantitative estimate of drug-likeness (QED) is 0.435. The number of aliphatic hydroxyl groups is 1. The number of rotatable bonds is 7. The summed E-state index contributed by atoms with van der Waals surface area (Å²) in [7, 11) is 1.64. The monoisotopic (exact) mass is 374 g/mol. The van der Waals surface area contributed by atoms with Crippen LogP contribution < -0.4 is 16.0 Å². The summed E-state index contributed by atoms with van der Waals surface area (Å²) >= 11 is 0. The molecule has 2 rings (SSSR count). The summed E-state index contributed by atoms with van der Waals surface area (Å²) in [5.74, 6) is 0.706. The molecule has 4 N–H and O–H groups in total. The molecule has 6 heteroatoms. The van der Waals surface area contributed by atoms with Crippen LogP contribution in [0.4, 0.5) is 0 Å². The number of carbonyl (C=O) groups is 1. The molecule has 6 nitrogen and oxygen atoms in total. The molecule has 0 bridgehead atoms. The summed E-state index contributed by atoms with van der Waals surface area (Å²) < 4.78 is 0. The average molecular weight is 375 g/mol. The molecule has 1 saturated carbocycles. The van der Waals surface area contributed by atoms with E-state index in [1.807, 2.05) is 31.2 Å². The molecule has 2 unspecified atom stereocenters. The number of aliphatic imine (C=N–C) groups is 1. The molecule has 1 aromatic carbocycles. The minimum Gasteiger partial charge on any atom is -0.392 e. The Morgan fingerprint density at radius 2 is 2.15 bits per heavy atom. The third-order valence-electron chi connectivity index (χ3n) is 5.34. The molecule has 27 heavy (non-hydrogen) atoms. The Hall–Kier alpha value is -2.08. The van der Waals surface area contributed by atoms with Gasteiger partial charge in [0.25, 0.3) is 5.91 Å². The molecule has 1 aliphatic carbocycles. The molecule has 1 aliphatic rings. The number of guanidine groups is 1. The first kappa shape index (κ1) is 21.2. The van der Waals surface area contributed by atoms with Crippen molar-refractivity contribution in [1.82, 2.24) is 16.0 Å². The summed E-state index contributed by atoms with van der Waals surface area (Å²) in [5, 5.41) is 19.6. The Bertz CT molecular complexity index is 647. The Kier molecular flexibility index (Phi) is 8.10. The van der Waals surface area contributed by atoms with Crippen LogP contribution >= 0.6 is 0 Å². The van der Waals surface area contributed by atoms with Crippen LogP contribution in [0.1, 0.15) is 55.5 Å².